The Kier molecular flexibility index (Phi) is 6.70. The molecule has 0 N–H and O–H groups in total. The summed E-state index contributed by atoms with van der Waals surface area (Å²) in [6.45, 7) is 4.51. The summed E-state index contributed by atoms with van der Waals surface area (Å²) in [4.78, 5) is 17.5. The van der Waals surface area contributed by atoms with Crippen LogP contribution in [0.2, 0.25) is 0 Å². The Morgan fingerprint density at radius 2 is 1.58 bits per heavy atom. The summed E-state index contributed by atoms with van der Waals surface area (Å²) in [5, 5.41) is 0. The van der Waals surface area contributed by atoms with Crippen molar-refractivity contribution in [2.24, 2.45) is 0 Å². The van der Waals surface area contributed by atoms with E-state index in [4.69, 9.17) is 4.74 Å². The lowest BCUT2D eigenvalue weighted by Crippen LogP contribution is -2.49. The molecule has 0 radical (unpaired) electrons. The molecule has 0 atom stereocenters. The second kappa shape index (κ2) is 9.67. The molecule has 4 rings (SSSR count). The van der Waals surface area contributed by atoms with Crippen LogP contribution in [0, 0.1) is 6.92 Å². The van der Waals surface area contributed by atoms with E-state index in [2.05, 4.69) is 17.0 Å². The number of anilines is 1. The van der Waals surface area contributed by atoms with Crippen LogP contribution in [0.3, 0.4) is 0 Å². The zero-order valence-corrected chi connectivity index (χ0v) is 19.7. The van der Waals surface area contributed by atoms with Gasteiger partial charge in [0, 0.05) is 37.4 Å². The smallest absolute Gasteiger partial charge is 0.254 e. The summed E-state index contributed by atoms with van der Waals surface area (Å²) >= 11 is 0. The third kappa shape index (κ3) is 5.20. The number of benzene rings is 3. The molecule has 3 aromatic rings. The second-order valence-electron chi connectivity index (χ2n) is 8.20. The number of sulfone groups is 1. The third-order valence-corrected chi connectivity index (χ3v) is 7.69. The molecule has 0 unspecified atom stereocenters. The van der Waals surface area contributed by atoms with Gasteiger partial charge in [0.1, 0.15) is 5.75 Å². The Morgan fingerprint density at radius 1 is 0.909 bits per heavy atom. The highest BCUT2D eigenvalue weighted by Crippen LogP contribution is 2.23. The molecule has 6 nitrogen and oxygen atoms in total. The molecule has 1 aliphatic rings. The zero-order valence-electron chi connectivity index (χ0n) is 18.9. The van der Waals surface area contributed by atoms with Crippen LogP contribution in [-0.4, -0.2) is 52.5 Å². The quantitative estimate of drug-likeness (QED) is 0.553. The van der Waals surface area contributed by atoms with E-state index >= 15 is 0 Å². The summed E-state index contributed by atoms with van der Waals surface area (Å²) in [5.74, 6) is 0.414. The van der Waals surface area contributed by atoms with Crippen LogP contribution >= 0.6 is 0 Å². The van der Waals surface area contributed by atoms with Crippen LogP contribution in [0.15, 0.2) is 77.7 Å². The first kappa shape index (κ1) is 22.9. The summed E-state index contributed by atoms with van der Waals surface area (Å²) < 4.78 is 31.2. The normalized spacial score (nSPS) is 14.2. The van der Waals surface area contributed by atoms with Crippen molar-refractivity contribution in [1.29, 1.82) is 0 Å². The predicted octanol–water partition coefficient (Wildman–Crippen LogP) is 3.94. The maximum absolute atomic E-state index is 13.3. The number of hydrogen-bond donors (Lipinski definition) is 0. The number of amides is 1. The van der Waals surface area contributed by atoms with Crippen molar-refractivity contribution in [1.82, 2.24) is 4.90 Å². The fourth-order valence-electron chi connectivity index (χ4n) is 4.03. The van der Waals surface area contributed by atoms with Crippen LogP contribution in [-0.2, 0) is 15.6 Å². The van der Waals surface area contributed by atoms with Gasteiger partial charge in [0.05, 0.1) is 17.8 Å². The highest BCUT2D eigenvalue weighted by atomic mass is 32.2. The van der Waals surface area contributed by atoms with Gasteiger partial charge in [0.2, 0.25) is 0 Å². The van der Waals surface area contributed by atoms with Gasteiger partial charge in [0.25, 0.3) is 5.91 Å². The molecule has 0 bridgehead atoms. The van der Waals surface area contributed by atoms with E-state index in [1.807, 2.05) is 30.0 Å². The number of para-hydroxylation sites is 1. The van der Waals surface area contributed by atoms with Crippen LogP contribution in [0.1, 0.15) is 21.5 Å². The van der Waals surface area contributed by atoms with Gasteiger partial charge in [-0.2, -0.15) is 0 Å². The van der Waals surface area contributed by atoms with Gasteiger partial charge in [-0.05, 0) is 54.4 Å². The van der Waals surface area contributed by atoms with Crippen molar-refractivity contribution in [3.63, 3.8) is 0 Å². The summed E-state index contributed by atoms with van der Waals surface area (Å²) in [6.07, 6.45) is 0. The van der Waals surface area contributed by atoms with E-state index < -0.39 is 9.84 Å². The molecule has 172 valence electrons. The molecule has 7 heteroatoms. The fourth-order valence-corrected chi connectivity index (χ4v) is 5.40. The molecule has 0 spiro atoms. The van der Waals surface area contributed by atoms with Crippen molar-refractivity contribution in [2.45, 2.75) is 17.6 Å². The van der Waals surface area contributed by atoms with E-state index in [1.165, 1.54) is 6.07 Å². The van der Waals surface area contributed by atoms with E-state index in [0.29, 0.717) is 30.0 Å². The van der Waals surface area contributed by atoms with E-state index in [1.54, 1.807) is 43.5 Å². The van der Waals surface area contributed by atoms with Gasteiger partial charge in [-0.1, -0.05) is 36.4 Å². The number of carbonyl (C=O) groups excluding carboxylic acids is 1. The highest BCUT2D eigenvalue weighted by molar-refractivity contribution is 7.90. The molecule has 0 aromatic heterocycles. The van der Waals surface area contributed by atoms with E-state index in [9.17, 15) is 13.2 Å². The highest BCUT2D eigenvalue weighted by Gasteiger charge is 2.25. The Hall–Kier alpha value is -3.32. The molecule has 1 heterocycles. The lowest BCUT2D eigenvalue weighted by atomic mass is 10.1. The fraction of sp³-hybridized carbons (Fsp3) is 0.269. The van der Waals surface area contributed by atoms with Gasteiger partial charge in [0.15, 0.2) is 9.84 Å². The molecule has 1 saturated heterocycles. The number of rotatable bonds is 6. The van der Waals surface area contributed by atoms with Crippen molar-refractivity contribution >= 4 is 21.4 Å². The standard InChI is InChI=1S/C26H28N2O4S/c1-20-8-13-24(33(30,31)19-21-9-11-23(32-2)12-10-21)18-25(20)26(29)28-16-14-27(15-17-28)22-6-4-3-5-7-22/h3-13,18H,14-17,19H2,1-2H3. The average Bonchev–Trinajstić information content (AvgIpc) is 2.84. The molecular formula is C26H28N2O4S. The van der Waals surface area contributed by atoms with Crippen LogP contribution < -0.4 is 9.64 Å². The van der Waals surface area contributed by atoms with Crippen molar-refractivity contribution in [3.8, 4) is 5.75 Å². The zero-order chi connectivity index (χ0) is 23.4. The molecular weight excluding hydrogens is 436 g/mol. The molecule has 0 saturated carbocycles. The lowest BCUT2D eigenvalue weighted by molar-refractivity contribution is 0.0746. The van der Waals surface area contributed by atoms with Crippen LogP contribution in [0.4, 0.5) is 5.69 Å². The molecule has 1 amide bonds. The van der Waals surface area contributed by atoms with Crippen LogP contribution in [0.25, 0.3) is 0 Å². The number of carbonyl (C=O) groups is 1. The molecule has 33 heavy (non-hydrogen) atoms. The van der Waals surface area contributed by atoms with Crippen molar-refractivity contribution < 1.29 is 17.9 Å². The predicted molar refractivity (Wildman–Crippen MR) is 130 cm³/mol. The molecule has 0 aliphatic carbocycles. The first-order valence-electron chi connectivity index (χ1n) is 10.9. The first-order valence-corrected chi connectivity index (χ1v) is 12.6. The summed E-state index contributed by atoms with van der Waals surface area (Å²) in [7, 11) is -2.03. The lowest BCUT2D eigenvalue weighted by Gasteiger charge is -2.36. The number of methoxy groups -OCH3 is 1. The monoisotopic (exact) mass is 464 g/mol. The first-order chi connectivity index (χ1) is 15.9. The minimum absolute atomic E-state index is 0.123. The topological polar surface area (TPSA) is 66.9 Å². The van der Waals surface area contributed by atoms with Crippen LogP contribution in [0.5, 0.6) is 5.75 Å². The second-order valence-corrected chi connectivity index (χ2v) is 10.2. The van der Waals surface area contributed by atoms with Crippen molar-refractivity contribution in [3.05, 3.63) is 89.5 Å². The molecule has 1 fully saturated rings. The Bertz CT molecular complexity index is 1220. The van der Waals surface area contributed by atoms with E-state index in [-0.39, 0.29) is 16.6 Å². The van der Waals surface area contributed by atoms with Gasteiger partial charge < -0.3 is 14.5 Å². The maximum Gasteiger partial charge on any atom is 0.254 e. The van der Waals surface area contributed by atoms with Gasteiger partial charge in [-0.25, -0.2) is 8.42 Å². The summed E-state index contributed by atoms with van der Waals surface area (Å²) in [5.41, 5.74) is 3.03. The number of aryl methyl sites for hydroxylation is 1. The third-order valence-electron chi connectivity index (χ3n) is 6.00. The number of ether oxygens (including phenoxy) is 1. The largest absolute Gasteiger partial charge is 0.497 e. The average molecular weight is 465 g/mol. The minimum atomic E-state index is -3.60. The summed E-state index contributed by atoms with van der Waals surface area (Å²) in [6, 6.07) is 21.9. The maximum atomic E-state index is 13.3. The minimum Gasteiger partial charge on any atom is -0.497 e. The Morgan fingerprint density at radius 3 is 2.21 bits per heavy atom. The van der Waals surface area contributed by atoms with E-state index in [0.717, 1.165) is 24.3 Å². The van der Waals surface area contributed by atoms with Crippen molar-refractivity contribution in [2.75, 3.05) is 38.2 Å². The van der Waals surface area contributed by atoms with Gasteiger partial charge in [-0.15, -0.1) is 0 Å². The Balaban J connectivity index is 1.49. The number of nitrogens with zero attached hydrogens (tertiary/aromatic N) is 2. The molecule has 3 aromatic carbocycles. The Labute approximate surface area is 195 Å². The molecule has 1 aliphatic heterocycles. The number of piperazine rings is 1. The number of hydrogen-bond acceptors (Lipinski definition) is 5. The SMILES string of the molecule is COc1ccc(CS(=O)(=O)c2ccc(C)c(C(=O)N3CCN(c4ccccc4)CC3)c2)cc1. The van der Waals surface area contributed by atoms with Gasteiger partial charge >= 0.3 is 0 Å². The van der Waals surface area contributed by atoms with Gasteiger partial charge in [-0.3, -0.25) is 4.79 Å².